The lowest BCUT2D eigenvalue weighted by Gasteiger charge is -2.26. The summed E-state index contributed by atoms with van der Waals surface area (Å²) in [6.45, 7) is 0.482. The molecule has 0 aliphatic carbocycles. The van der Waals surface area contributed by atoms with Gasteiger partial charge in [0.2, 0.25) is 0 Å². The molecule has 0 amide bonds. The second-order valence-electron chi connectivity index (χ2n) is 8.64. The standard InChI is InChI=1S/C29H26ClF2N3O5/c1-38-20-11-7-18(8-12-20)15-34(16-19-9-13-21(39-2)14-10-19)27-24(29(37)40-3)28(36)35(17-33-27)25-22(26(31)32)5-4-6-23(25)30/h4-14,17,26H,15-16H2,1-3H3. The number of carbonyl (C=O) groups is 1. The fourth-order valence-corrected chi connectivity index (χ4v) is 4.47. The van der Waals surface area contributed by atoms with Crippen LogP contribution in [-0.2, 0) is 17.8 Å². The maximum atomic E-state index is 13.8. The number of aromatic nitrogens is 2. The van der Waals surface area contributed by atoms with Gasteiger partial charge in [-0.3, -0.25) is 9.36 Å². The monoisotopic (exact) mass is 569 g/mol. The number of rotatable bonds is 10. The summed E-state index contributed by atoms with van der Waals surface area (Å²) in [5, 5.41) is -0.0985. The Morgan fingerprint density at radius 1 is 0.925 bits per heavy atom. The molecule has 0 radical (unpaired) electrons. The molecule has 0 aliphatic rings. The third kappa shape index (κ3) is 6.07. The number of para-hydroxylation sites is 1. The van der Waals surface area contributed by atoms with Crippen molar-refractivity contribution < 1.29 is 27.8 Å². The van der Waals surface area contributed by atoms with Crippen molar-refractivity contribution >= 4 is 23.4 Å². The van der Waals surface area contributed by atoms with Crippen molar-refractivity contribution in [3.63, 3.8) is 0 Å². The van der Waals surface area contributed by atoms with E-state index in [1.165, 1.54) is 12.1 Å². The quantitative estimate of drug-likeness (QED) is 0.222. The minimum atomic E-state index is -2.93. The van der Waals surface area contributed by atoms with Gasteiger partial charge < -0.3 is 19.1 Å². The predicted octanol–water partition coefficient (Wildman–Crippen LogP) is 5.83. The Hall–Kier alpha value is -4.44. The number of hydrogen-bond acceptors (Lipinski definition) is 7. The van der Waals surface area contributed by atoms with Gasteiger partial charge in [-0.2, -0.15) is 0 Å². The Bertz CT molecular complexity index is 1490. The first kappa shape index (κ1) is 28.6. The number of alkyl halides is 2. The second-order valence-corrected chi connectivity index (χ2v) is 9.05. The normalized spacial score (nSPS) is 10.9. The zero-order chi connectivity index (χ0) is 28.8. The summed E-state index contributed by atoms with van der Waals surface area (Å²) in [5.41, 5.74) is -0.392. The van der Waals surface area contributed by atoms with Crippen LogP contribution in [0.3, 0.4) is 0 Å². The number of ether oxygens (including phenoxy) is 3. The lowest BCUT2D eigenvalue weighted by Crippen LogP contribution is -2.33. The zero-order valence-corrected chi connectivity index (χ0v) is 22.7. The number of benzene rings is 3. The van der Waals surface area contributed by atoms with Gasteiger partial charge in [0.15, 0.2) is 11.4 Å². The Balaban J connectivity index is 1.88. The first-order valence-electron chi connectivity index (χ1n) is 12.0. The molecule has 4 rings (SSSR count). The molecule has 3 aromatic carbocycles. The molecule has 0 spiro atoms. The van der Waals surface area contributed by atoms with E-state index < -0.39 is 29.1 Å². The van der Waals surface area contributed by atoms with Crippen LogP contribution in [0.5, 0.6) is 11.5 Å². The Morgan fingerprint density at radius 3 is 1.95 bits per heavy atom. The summed E-state index contributed by atoms with van der Waals surface area (Å²) < 4.78 is 43.9. The molecule has 0 N–H and O–H groups in total. The minimum absolute atomic E-state index is 0.0189. The van der Waals surface area contributed by atoms with Gasteiger partial charge in [0.05, 0.1) is 32.0 Å². The maximum absolute atomic E-state index is 13.8. The average Bonchev–Trinajstić information content (AvgIpc) is 2.97. The van der Waals surface area contributed by atoms with Crippen molar-refractivity contribution in [1.82, 2.24) is 9.55 Å². The van der Waals surface area contributed by atoms with Crippen molar-refractivity contribution in [1.29, 1.82) is 0 Å². The van der Waals surface area contributed by atoms with Crippen LogP contribution < -0.4 is 19.9 Å². The summed E-state index contributed by atoms with van der Waals surface area (Å²) in [4.78, 5) is 32.9. The summed E-state index contributed by atoms with van der Waals surface area (Å²) in [5.74, 6) is 0.374. The number of esters is 1. The Kier molecular flexibility index (Phi) is 9.00. The predicted molar refractivity (Wildman–Crippen MR) is 147 cm³/mol. The van der Waals surface area contributed by atoms with E-state index in [0.717, 1.165) is 35.2 Å². The molecule has 1 heterocycles. The Labute approximate surface area is 234 Å². The van der Waals surface area contributed by atoms with E-state index >= 15 is 0 Å². The minimum Gasteiger partial charge on any atom is -0.497 e. The van der Waals surface area contributed by atoms with Gasteiger partial charge in [0.1, 0.15) is 17.8 Å². The van der Waals surface area contributed by atoms with Crippen LogP contribution in [0.2, 0.25) is 5.02 Å². The van der Waals surface area contributed by atoms with Gasteiger partial charge in [-0.1, -0.05) is 48.0 Å². The number of halogens is 3. The van der Waals surface area contributed by atoms with Crippen molar-refractivity contribution in [3.05, 3.63) is 111 Å². The molecule has 0 atom stereocenters. The molecule has 8 nitrogen and oxygen atoms in total. The van der Waals surface area contributed by atoms with Crippen molar-refractivity contribution in [2.24, 2.45) is 0 Å². The molecule has 40 heavy (non-hydrogen) atoms. The highest BCUT2D eigenvalue weighted by Crippen LogP contribution is 2.31. The molecule has 0 saturated carbocycles. The van der Waals surface area contributed by atoms with Crippen LogP contribution in [0.25, 0.3) is 5.69 Å². The van der Waals surface area contributed by atoms with Crippen LogP contribution in [0.15, 0.2) is 77.9 Å². The van der Waals surface area contributed by atoms with E-state index in [9.17, 15) is 18.4 Å². The van der Waals surface area contributed by atoms with Crippen LogP contribution >= 0.6 is 11.6 Å². The molecule has 4 aromatic rings. The highest BCUT2D eigenvalue weighted by Gasteiger charge is 2.27. The highest BCUT2D eigenvalue weighted by molar-refractivity contribution is 6.32. The molecule has 0 fully saturated rings. The van der Waals surface area contributed by atoms with E-state index in [-0.39, 0.29) is 29.6 Å². The van der Waals surface area contributed by atoms with Crippen LogP contribution in [-0.4, -0.2) is 36.8 Å². The van der Waals surface area contributed by atoms with E-state index in [0.29, 0.717) is 11.5 Å². The molecule has 1 aromatic heterocycles. The van der Waals surface area contributed by atoms with Gasteiger partial charge in [-0.25, -0.2) is 18.6 Å². The molecule has 0 saturated heterocycles. The second kappa shape index (κ2) is 12.6. The van der Waals surface area contributed by atoms with Gasteiger partial charge in [-0.15, -0.1) is 0 Å². The van der Waals surface area contributed by atoms with Crippen LogP contribution in [0, 0.1) is 0 Å². The number of carbonyl (C=O) groups excluding carboxylic acids is 1. The lowest BCUT2D eigenvalue weighted by atomic mass is 10.1. The molecular weight excluding hydrogens is 544 g/mol. The SMILES string of the molecule is COC(=O)c1c(N(Cc2ccc(OC)cc2)Cc2ccc(OC)cc2)ncn(-c2c(Cl)cccc2C(F)F)c1=O. The fraction of sp³-hybridized carbons (Fsp3) is 0.207. The zero-order valence-electron chi connectivity index (χ0n) is 21.9. The molecular formula is C29H26ClF2N3O5. The van der Waals surface area contributed by atoms with Crippen molar-refractivity contribution in [3.8, 4) is 17.2 Å². The van der Waals surface area contributed by atoms with Crippen LogP contribution in [0.1, 0.15) is 33.5 Å². The van der Waals surface area contributed by atoms with Gasteiger partial charge >= 0.3 is 5.97 Å². The number of anilines is 1. The molecule has 208 valence electrons. The first-order valence-corrected chi connectivity index (χ1v) is 12.4. The van der Waals surface area contributed by atoms with E-state index in [1.807, 2.05) is 24.3 Å². The van der Waals surface area contributed by atoms with E-state index in [2.05, 4.69) is 4.98 Å². The summed E-state index contributed by atoms with van der Waals surface area (Å²) >= 11 is 6.24. The van der Waals surface area contributed by atoms with Crippen LogP contribution in [0.4, 0.5) is 14.6 Å². The van der Waals surface area contributed by atoms with Gasteiger partial charge in [-0.05, 0) is 41.5 Å². The molecule has 0 bridgehead atoms. The summed E-state index contributed by atoms with van der Waals surface area (Å²) in [7, 11) is 4.25. The van der Waals surface area contributed by atoms with Gasteiger partial charge in [0, 0.05) is 18.7 Å². The van der Waals surface area contributed by atoms with E-state index in [4.69, 9.17) is 25.8 Å². The largest absolute Gasteiger partial charge is 0.497 e. The third-order valence-corrected chi connectivity index (χ3v) is 6.50. The molecule has 11 heteroatoms. The van der Waals surface area contributed by atoms with Gasteiger partial charge in [0.25, 0.3) is 12.0 Å². The Morgan fingerprint density at radius 2 is 1.48 bits per heavy atom. The third-order valence-electron chi connectivity index (χ3n) is 6.20. The maximum Gasteiger partial charge on any atom is 0.347 e. The van der Waals surface area contributed by atoms with Crippen molar-refractivity contribution in [2.45, 2.75) is 19.5 Å². The number of methoxy groups -OCH3 is 3. The highest BCUT2D eigenvalue weighted by atomic mass is 35.5. The van der Waals surface area contributed by atoms with Crippen molar-refractivity contribution in [2.75, 3.05) is 26.2 Å². The molecule has 0 aliphatic heterocycles. The smallest absolute Gasteiger partial charge is 0.347 e. The topological polar surface area (TPSA) is 82.9 Å². The number of nitrogens with zero attached hydrogens (tertiary/aromatic N) is 3. The first-order chi connectivity index (χ1) is 19.3. The fourth-order valence-electron chi connectivity index (χ4n) is 4.20. The van der Waals surface area contributed by atoms with E-state index in [1.54, 1.807) is 43.4 Å². The number of hydrogen-bond donors (Lipinski definition) is 0. The lowest BCUT2D eigenvalue weighted by molar-refractivity contribution is 0.0598. The average molecular weight is 570 g/mol. The molecule has 0 unspecified atom stereocenters. The summed E-state index contributed by atoms with van der Waals surface area (Å²) in [6, 6.07) is 18.4. The summed E-state index contributed by atoms with van der Waals surface area (Å²) in [6.07, 6.45) is -1.84.